The average molecular weight is 332 g/mol. The number of benzene rings is 2. The summed E-state index contributed by atoms with van der Waals surface area (Å²) in [6, 6.07) is 14.4. The maximum Gasteiger partial charge on any atom is 0.315 e. The molecule has 0 bridgehead atoms. The van der Waals surface area contributed by atoms with Crippen LogP contribution in [-0.4, -0.2) is 18.5 Å². The minimum Gasteiger partial charge on any atom is -0.334 e. The molecular formula is C17H18ClN3O2. The Hall–Kier alpha value is -2.53. The molecule has 0 heterocycles. The first-order valence-electron chi connectivity index (χ1n) is 7.16. The van der Waals surface area contributed by atoms with Crippen molar-refractivity contribution in [3.8, 4) is 0 Å². The Kier molecular flexibility index (Phi) is 6.00. The van der Waals surface area contributed by atoms with Crippen LogP contribution in [0.25, 0.3) is 0 Å². The van der Waals surface area contributed by atoms with Crippen molar-refractivity contribution in [1.29, 1.82) is 0 Å². The quantitative estimate of drug-likeness (QED) is 0.788. The summed E-state index contributed by atoms with van der Waals surface area (Å²) in [5, 5.41) is 8.45. The van der Waals surface area contributed by atoms with E-state index >= 15 is 0 Å². The summed E-state index contributed by atoms with van der Waals surface area (Å²) in [7, 11) is 0. The molecule has 23 heavy (non-hydrogen) atoms. The Morgan fingerprint density at radius 3 is 2.52 bits per heavy atom. The van der Waals surface area contributed by atoms with Crippen LogP contribution < -0.4 is 16.0 Å². The Bertz CT molecular complexity index is 689. The lowest BCUT2D eigenvalue weighted by atomic mass is 10.2. The van der Waals surface area contributed by atoms with E-state index < -0.39 is 6.03 Å². The highest BCUT2D eigenvalue weighted by molar-refractivity contribution is 6.31. The summed E-state index contributed by atoms with van der Waals surface area (Å²) in [6.07, 6.45) is 0. The van der Waals surface area contributed by atoms with E-state index in [4.69, 9.17) is 11.6 Å². The first-order chi connectivity index (χ1) is 11.0. The maximum atomic E-state index is 11.9. The van der Waals surface area contributed by atoms with Gasteiger partial charge in [0.1, 0.15) is 0 Å². The maximum absolute atomic E-state index is 11.9. The number of urea groups is 1. The zero-order valence-corrected chi connectivity index (χ0v) is 13.5. The van der Waals surface area contributed by atoms with Crippen molar-refractivity contribution in [2.45, 2.75) is 13.5 Å². The third kappa shape index (κ3) is 5.64. The molecule has 0 unspecified atom stereocenters. The van der Waals surface area contributed by atoms with Crippen LogP contribution in [0.2, 0.25) is 5.02 Å². The summed E-state index contributed by atoms with van der Waals surface area (Å²) in [6.45, 7) is 2.15. The van der Waals surface area contributed by atoms with E-state index in [1.165, 1.54) is 0 Å². The number of hydrogen-bond donors (Lipinski definition) is 3. The molecule has 0 aliphatic rings. The van der Waals surface area contributed by atoms with Crippen LogP contribution in [0.3, 0.4) is 0 Å². The number of carbonyl (C=O) groups is 2. The number of nitrogens with one attached hydrogen (secondary N) is 3. The lowest BCUT2D eigenvalue weighted by Crippen LogP contribution is -2.39. The molecule has 120 valence electrons. The van der Waals surface area contributed by atoms with Gasteiger partial charge in [-0.25, -0.2) is 4.79 Å². The van der Waals surface area contributed by atoms with Gasteiger partial charge in [0.05, 0.1) is 6.54 Å². The monoisotopic (exact) mass is 331 g/mol. The fourth-order valence-electron chi connectivity index (χ4n) is 1.92. The van der Waals surface area contributed by atoms with Gasteiger partial charge in [-0.1, -0.05) is 48.0 Å². The molecule has 6 heteroatoms. The Labute approximate surface area is 140 Å². The van der Waals surface area contributed by atoms with Gasteiger partial charge in [0.2, 0.25) is 5.91 Å². The number of amides is 3. The first-order valence-corrected chi connectivity index (χ1v) is 7.54. The van der Waals surface area contributed by atoms with E-state index in [2.05, 4.69) is 16.0 Å². The molecule has 0 aliphatic carbocycles. The van der Waals surface area contributed by atoms with Crippen LogP contribution in [0.15, 0.2) is 48.5 Å². The molecule has 2 aromatic rings. The van der Waals surface area contributed by atoms with Crippen molar-refractivity contribution in [3.63, 3.8) is 0 Å². The Morgan fingerprint density at radius 2 is 1.78 bits per heavy atom. The first kappa shape index (κ1) is 16.8. The molecule has 0 fully saturated rings. The number of halogens is 1. The molecule has 0 aromatic heterocycles. The van der Waals surface area contributed by atoms with Crippen LogP contribution in [0, 0.1) is 6.92 Å². The number of anilines is 1. The Balaban J connectivity index is 1.75. The van der Waals surface area contributed by atoms with Gasteiger partial charge in [0.25, 0.3) is 0 Å². The molecule has 2 aromatic carbocycles. The van der Waals surface area contributed by atoms with Gasteiger partial charge in [0, 0.05) is 17.3 Å². The second-order valence-electron chi connectivity index (χ2n) is 5.03. The number of hydrogen-bond acceptors (Lipinski definition) is 2. The highest BCUT2D eigenvalue weighted by atomic mass is 35.5. The molecule has 0 saturated heterocycles. The number of aryl methyl sites for hydroxylation is 1. The summed E-state index contributed by atoms with van der Waals surface area (Å²) in [5.41, 5.74) is 2.52. The lowest BCUT2D eigenvalue weighted by Gasteiger charge is -2.10. The van der Waals surface area contributed by atoms with Gasteiger partial charge in [-0.05, 0) is 30.2 Å². The molecular weight excluding hydrogens is 314 g/mol. The van der Waals surface area contributed by atoms with E-state index in [9.17, 15) is 9.59 Å². The summed E-state index contributed by atoms with van der Waals surface area (Å²) in [5.74, 6) is -0.315. The van der Waals surface area contributed by atoms with Gasteiger partial charge in [-0.2, -0.15) is 0 Å². The summed E-state index contributed by atoms with van der Waals surface area (Å²) < 4.78 is 0. The zero-order chi connectivity index (χ0) is 16.7. The second kappa shape index (κ2) is 8.19. The van der Waals surface area contributed by atoms with Gasteiger partial charge in [-0.15, -0.1) is 0 Å². The molecule has 0 radical (unpaired) electrons. The van der Waals surface area contributed by atoms with Gasteiger partial charge in [0.15, 0.2) is 0 Å². The zero-order valence-electron chi connectivity index (χ0n) is 12.7. The molecule has 0 aliphatic heterocycles. The predicted molar refractivity (Wildman–Crippen MR) is 91.5 cm³/mol. The number of rotatable bonds is 5. The smallest absolute Gasteiger partial charge is 0.315 e. The fourth-order valence-corrected chi connectivity index (χ4v) is 2.10. The van der Waals surface area contributed by atoms with Crippen molar-refractivity contribution in [2.24, 2.45) is 0 Å². The van der Waals surface area contributed by atoms with Crippen LogP contribution in [0.5, 0.6) is 0 Å². The minimum atomic E-state index is -0.396. The molecule has 2 rings (SSSR count). The highest BCUT2D eigenvalue weighted by Gasteiger charge is 2.07. The van der Waals surface area contributed by atoms with Crippen molar-refractivity contribution < 1.29 is 9.59 Å². The van der Waals surface area contributed by atoms with E-state index in [-0.39, 0.29) is 12.5 Å². The third-order valence-corrected chi connectivity index (χ3v) is 3.41. The van der Waals surface area contributed by atoms with Crippen LogP contribution in [0.1, 0.15) is 11.1 Å². The van der Waals surface area contributed by atoms with E-state index in [0.717, 1.165) is 11.1 Å². The van der Waals surface area contributed by atoms with Gasteiger partial charge in [-0.3, -0.25) is 4.79 Å². The lowest BCUT2D eigenvalue weighted by molar-refractivity contribution is -0.115. The molecule has 3 amide bonds. The summed E-state index contributed by atoms with van der Waals surface area (Å²) >= 11 is 5.90. The topological polar surface area (TPSA) is 70.2 Å². The van der Waals surface area contributed by atoms with Crippen LogP contribution >= 0.6 is 11.6 Å². The third-order valence-electron chi connectivity index (χ3n) is 3.18. The largest absolute Gasteiger partial charge is 0.334 e. The fraction of sp³-hybridized carbons (Fsp3) is 0.176. The molecule has 5 nitrogen and oxygen atoms in total. The Morgan fingerprint density at radius 1 is 1.04 bits per heavy atom. The van der Waals surface area contributed by atoms with E-state index in [1.54, 1.807) is 12.1 Å². The average Bonchev–Trinajstić information content (AvgIpc) is 2.55. The van der Waals surface area contributed by atoms with Crippen molar-refractivity contribution in [2.75, 3.05) is 11.9 Å². The standard InChI is InChI=1S/C17H18ClN3O2/c1-12-7-8-14(18)9-15(12)21-16(22)11-20-17(23)19-10-13-5-3-2-4-6-13/h2-9H,10-11H2,1H3,(H,21,22)(H2,19,20,23). The molecule has 0 atom stereocenters. The normalized spacial score (nSPS) is 10.0. The van der Waals surface area contributed by atoms with Crippen LogP contribution in [0.4, 0.5) is 10.5 Å². The van der Waals surface area contributed by atoms with E-state index in [0.29, 0.717) is 17.3 Å². The second-order valence-corrected chi connectivity index (χ2v) is 5.47. The number of carbonyl (C=O) groups excluding carboxylic acids is 2. The summed E-state index contributed by atoms with van der Waals surface area (Å²) in [4.78, 5) is 23.5. The van der Waals surface area contributed by atoms with Crippen LogP contribution in [-0.2, 0) is 11.3 Å². The minimum absolute atomic E-state index is 0.118. The van der Waals surface area contributed by atoms with Gasteiger partial charge >= 0.3 is 6.03 Å². The van der Waals surface area contributed by atoms with Crippen molar-refractivity contribution in [1.82, 2.24) is 10.6 Å². The van der Waals surface area contributed by atoms with Gasteiger partial charge < -0.3 is 16.0 Å². The molecule has 0 spiro atoms. The molecule has 0 saturated carbocycles. The SMILES string of the molecule is Cc1ccc(Cl)cc1NC(=O)CNC(=O)NCc1ccccc1. The molecule has 3 N–H and O–H groups in total. The van der Waals surface area contributed by atoms with Crippen molar-refractivity contribution in [3.05, 3.63) is 64.7 Å². The van der Waals surface area contributed by atoms with Crippen molar-refractivity contribution >= 4 is 29.2 Å². The predicted octanol–water partition coefficient (Wildman–Crippen LogP) is 3.09. The van der Waals surface area contributed by atoms with E-state index in [1.807, 2.05) is 43.3 Å². The highest BCUT2D eigenvalue weighted by Crippen LogP contribution is 2.19.